The molecule has 1 N–H and O–H groups in total. The highest BCUT2D eigenvalue weighted by molar-refractivity contribution is 6.22. The Morgan fingerprint density at radius 2 is 2.29 bits per heavy atom. The van der Waals surface area contributed by atoms with Gasteiger partial charge in [-0.3, -0.25) is 0 Å². The predicted molar refractivity (Wildman–Crippen MR) is 33.9 cm³/mol. The van der Waals surface area contributed by atoms with Crippen LogP contribution in [0.25, 0.3) is 0 Å². The second kappa shape index (κ2) is 1.61. The third kappa shape index (κ3) is 0.648. The van der Waals surface area contributed by atoms with Gasteiger partial charge in [0.1, 0.15) is 7.85 Å². The Balaban J connectivity index is 2.53. The first-order chi connectivity index (χ1) is 3.34. The van der Waals surface area contributed by atoms with Gasteiger partial charge in [-0.05, 0) is 12.8 Å². The van der Waals surface area contributed by atoms with Gasteiger partial charge in [-0.2, -0.15) is 0 Å². The van der Waals surface area contributed by atoms with Crippen LogP contribution in [0.4, 0.5) is 0 Å². The van der Waals surface area contributed by atoms with Gasteiger partial charge in [0, 0.05) is 12.7 Å². The van der Waals surface area contributed by atoms with E-state index in [0.29, 0.717) is 0 Å². The number of allylic oxidation sites excluding steroid dienone is 2. The van der Waals surface area contributed by atoms with E-state index in [9.17, 15) is 0 Å². The van der Waals surface area contributed by atoms with Gasteiger partial charge in [-0.15, -0.1) is 0 Å². The SMILES string of the molecule is BC1=C(NC)CC1. The number of nitrogens with one attached hydrogen (secondary N) is 1. The summed E-state index contributed by atoms with van der Waals surface area (Å²) >= 11 is 0. The molecule has 0 saturated carbocycles. The van der Waals surface area contributed by atoms with E-state index in [0.717, 1.165) is 0 Å². The molecule has 0 aliphatic heterocycles. The normalized spacial score (nSPS) is 19.0. The van der Waals surface area contributed by atoms with Gasteiger partial charge in [0.2, 0.25) is 0 Å². The molecule has 1 rings (SSSR count). The fourth-order valence-electron chi connectivity index (χ4n) is 0.838. The van der Waals surface area contributed by atoms with Crippen molar-refractivity contribution in [1.29, 1.82) is 0 Å². The summed E-state index contributed by atoms with van der Waals surface area (Å²) in [5.74, 6) is 0. The van der Waals surface area contributed by atoms with Crippen molar-refractivity contribution in [3.05, 3.63) is 11.2 Å². The minimum atomic E-state index is 1.27. The molecule has 7 heavy (non-hydrogen) atoms. The molecule has 0 heterocycles. The zero-order valence-electron chi connectivity index (χ0n) is 4.91. The first kappa shape index (κ1) is 4.76. The molecule has 0 spiro atoms. The Kier molecular flexibility index (Phi) is 1.09. The highest BCUT2D eigenvalue weighted by Crippen LogP contribution is 2.20. The second-order valence-corrected chi connectivity index (χ2v) is 2.01. The average Bonchev–Trinajstić information content (AvgIpc) is 1.65. The molecule has 0 aromatic carbocycles. The molecule has 0 radical (unpaired) electrons. The Hall–Kier alpha value is -0.395. The third-order valence-corrected chi connectivity index (χ3v) is 1.57. The summed E-state index contributed by atoms with van der Waals surface area (Å²) in [5, 5.41) is 3.13. The van der Waals surface area contributed by atoms with Crippen molar-refractivity contribution < 1.29 is 0 Å². The molecule has 0 bridgehead atoms. The molecule has 2 heteroatoms. The molecule has 0 amide bonds. The maximum atomic E-state index is 3.13. The summed E-state index contributed by atoms with van der Waals surface area (Å²) in [6.07, 6.45) is 2.57. The lowest BCUT2D eigenvalue weighted by molar-refractivity contribution is 0.753. The zero-order valence-corrected chi connectivity index (χ0v) is 4.91. The maximum Gasteiger partial charge on any atom is 0.136 e. The van der Waals surface area contributed by atoms with Crippen LogP contribution in [0.1, 0.15) is 12.8 Å². The fourth-order valence-corrected chi connectivity index (χ4v) is 0.838. The monoisotopic (exact) mass is 95.1 g/mol. The van der Waals surface area contributed by atoms with Crippen molar-refractivity contribution in [2.45, 2.75) is 12.8 Å². The van der Waals surface area contributed by atoms with Crippen LogP contribution in [0.2, 0.25) is 0 Å². The van der Waals surface area contributed by atoms with Gasteiger partial charge in [-0.25, -0.2) is 0 Å². The number of rotatable bonds is 1. The van der Waals surface area contributed by atoms with E-state index < -0.39 is 0 Å². The fraction of sp³-hybridized carbons (Fsp3) is 0.600. The molecule has 0 fully saturated rings. The summed E-state index contributed by atoms with van der Waals surface area (Å²) in [5.41, 5.74) is 2.97. The van der Waals surface area contributed by atoms with E-state index in [2.05, 4.69) is 13.2 Å². The van der Waals surface area contributed by atoms with Crippen LogP contribution in [0.5, 0.6) is 0 Å². The van der Waals surface area contributed by atoms with Crippen molar-refractivity contribution in [3.8, 4) is 0 Å². The zero-order chi connectivity index (χ0) is 5.28. The Labute approximate surface area is 45.2 Å². The van der Waals surface area contributed by atoms with E-state index >= 15 is 0 Å². The lowest BCUT2D eigenvalue weighted by Crippen LogP contribution is -2.16. The van der Waals surface area contributed by atoms with E-state index in [-0.39, 0.29) is 0 Å². The molecule has 0 atom stereocenters. The lowest BCUT2D eigenvalue weighted by atomic mass is 9.79. The van der Waals surface area contributed by atoms with Gasteiger partial charge >= 0.3 is 0 Å². The Morgan fingerprint density at radius 1 is 1.57 bits per heavy atom. The highest BCUT2D eigenvalue weighted by Gasteiger charge is 2.08. The summed E-state index contributed by atoms with van der Waals surface area (Å²) in [6, 6.07) is 0. The van der Waals surface area contributed by atoms with Gasteiger partial charge in [0.25, 0.3) is 0 Å². The third-order valence-electron chi connectivity index (χ3n) is 1.57. The van der Waals surface area contributed by atoms with Gasteiger partial charge in [0.05, 0.1) is 0 Å². The first-order valence-electron chi connectivity index (χ1n) is 2.71. The molecule has 0 aromatic heterocycles. The summed E-state index contributed by atoms with van der Waals surface area (Å²) < 4.78 is 0. The molecule has 1 aliphatic rings. The molecule has 0 unspecified atom stereocenters. The summed E-state index contributed by atoms with van der Waals surface area (Å²) in [6.45, 7) is 0. The van der Waals surface area contributed by atoms with Crippen molar-refractivity contribution in [2.24, 2.45) is 0 Å². The highest BCUT2D eigenvalue weighted by atomic mass is 14.8. The van der Waals surface area contributed by atoms with Crippen LogP contribution < -0.4 is 5.32 Å². The van der Waals surface area contributed by atoms with Crippen LogP contribution in [-0.2, 0) is 0 Å². The largest absolute Gasteiger partial charge is 0.392 e. The Bertz CT molecular complexity index is 107. The molecule has 0 saturated heterocycles. The quantitative estimate of drug-likeness (QED) is 0.446. The van der Waals surface area contributed by atoms with Crippen molar-refractivity contribution in [1.82, 2.24) is 5.32 Å². The molecule has 0 aromatic rings. The molecule has 1 aliphatic carbocycles. The van der Waals surface area contributed by atoms with E-state index in [1.165, 1.54) is 24.0 Å². The summed E-state index contributed by atoms with van der Waals surface area (Å²) in [7, 11) is 4.16. The van der Waals surface area contributed by atoms with Crippen molar-refractivity contribution in [3.63, 3.8) is 0 Å². The molecule has 38 valence electrons. The average molecular weight is 95.0 g/mol. The minimum Gasteiger partial charge on any atom is -0.392 e. The van der Waals surface area contributed by atoms with Crippen molar-refractivity contribution in [2.75, 3.05) is 7.05 Å². The van der Waals surface area contributed by atoms with Crippen molar-refractivity contribution >= 4 is 7.85 Å². The number of hydrogen-bond donors (Lipinski definition) is 1. The van der Waals surface area contributed by atoms with E-state index in [1.54, 1.807) is 0 Å². The van der Waals surface area contributed by atoms with E-state index in [4.69, 9.17) is 0 Å². The second-order valence-electron chi connectivity index (χ2n) is 2.01. The first-order valence-corrected chi connectivity index (χ1v) is 2.71. The number of hydrogen-bond acceptors (Lipinski definition) is 1. The minimum absolute atomic E-state index is 1.27. The van der Waals surface area contributed by atoms with Gasteiger partial charge in [0.15, 0.2) is 0 Å². The van der Waals surface area contributed by atoms with E-state index in [1.807, 2.05) is 7.05 Å². The standard InChI is InChI=1S/C5H10BN/c1-7-5-3-2-4(5)6/h7H,2-3,6H2,1H3. The van der Waals surface area contributed by atoms with Crippen LogP contribution in [0, 0.1) is 0 Å². The Morgan fingerprint density at radius 3 is 2.29 bits per heavy atom. The van der Waals surface area contributed by atoms with Gasteiger partial charge in [-0.1, -0.05) is 5.47 Å². The smallest absolute Gasteiger partial charge is 0.136 e. The van der Waals surface area contributed by atoms with Gasteiger partial charge < -0.3 is 5.32 Å². The maximum absolute atomic E-state index is 3.13. The van der Waals surface area contributed by atoms with Crippen LogP contribution in [0.15, 0.2) is 11.2 Å². The molecule has 1 nitrogen and oxygen atoms in total. The summed E-state index contributed by atoms with van der Waals surface area (Å²) in [4.78, 5) is 0. The van der Waals surface area contributed by atoms with Crippen LogP contribution in [-0.4, -0.2) is 14.9 Å². The topological polar surface area (TPSA) is 12.0 Å². The molecular weight excluding hydrogens is 84.9 g/mol. The predicted octanol–water partition coefficient (Wildman–Crippen LogP) is -0.156. The molecular formula is C5H10BN. The van der Waals surface area contributed by atoms with Crippen LogP contribution >= 0.6 is 0 Å². The van der Waals surface area contributed by atoms with Crippen LogP contribution in [0.3, 0.4) is 0 Å². The lowest BCUT2D eigenvalue weighted by Gasteiger charge is -2.19.